The van der Waals surface area contributed by atoms with Crippen molar-refractivity contribution in [1.82, 2.24) is 0 Å². The molecule has 1 saturated carbocycles. The second kappa shape index (κ2) is 7.97. The lowest BCUT2D eigenvalue weighted by atomic mass is 9.78. The number of anilines is 1. The SMILES string of the molecule is CCCCc1ccc(NC(=O)[C@@H]2CCCC[C@H]2C(=O)O)cc1. The summed E-state index contributed by atoms with van der Waals surface area (Å²) in [5.41, 5.74) is 2.01. The Morgan fingerprint density at radius 3 is 2.36 bits per heavy atom. The Bertz CT molecular complexity index is 510. The summed E-state index contributed by atoms with van der Waals surface area (Å²) < 4.78 is 0. The van der Waals surface area contributed by atoms with Gasteiger partial charge in [0.2, 0.25) is 5.91 Å². The maximum absolute atomic E-state index is 12.4. The van der Waals surface area contributed by atoms with Gasteiger partial charge in [-0.3, -0.25) is 9.59 Å². The highest BCUT2D eigenvalue weighted by Crippen LogP contribution is 2.31. The van der Waals surface area contributed by atoms with Crippen LogP contribution in [0.3, 0.4) is 0 Å². The second-order valence-electron chi connectivity index (χ2n) is 6.13. The Morgan fingerprint density at radius 1 is 1.14 bits per heavy atom. The summed E-state index contributed by atoms with van der Waals surface area (Å²) in [6, 6.07) is 7.87. The van der Waals surface area contributed by atoms with Crippen LogP contribution < -0.4 is 5.32 Å². The zero-order valence-corrected chi connectivity index (χ0v) is 13.2. The first-order chi connectivity index (χ1) is 10.6. The van der Waals surface area contributed by atoms with Crippen molar-refractivity contribution in [2.24, 2.45) is 11.8 Å². The van der Waals surface area contributed by atoms with Crippen LogP contribution in [0, 0.1) is 11.8 Å². The number of carboxylic acid groups (broad SMARTS) is 1. The van der Waals surface area contributed by atoms with Crippen LogP contribution in [-0.4, -0.2) is 17.0 Å². The molecule has 1 fully saturated rings. The highest BCUT2D eigenvalue weighted by molar-refractivity contribution is 5.95. The molecule has 22 heavy (non-hydrogen) atoms. The molecule has 0 spiro atoms. The first-order valence-corrected chi connectivity index (χ1v) is 8.24. The average molecular weight is 303 g/mol. The van der Waals surface area contributed by atoms with E-state index in [-0.39, 0.29) is 5.91 Å². The van der Waals surface area contributed by atoms with Crippen molar-refractivity contribution in [2.75, 3.05) is 5.32 Å². The molecule has 120 valence electrons. The molecule has 0 aliphatic heterocycles. The van der Waals surface area contributed by atoms with Crippen molar-refractivity contribution in [3.05, 3.63) is 29.8 Å². The summed E-state index contributed by atoms with van der Waals surface area (Å²) >= 11 is 0. The summed E-state index contributed by atoms with van der Waals surface area (Å²) in [7, 11) is 0. The minimum atomic E-state index is -0.852. The molecule has 0 bridgehead atoms. The van der Waals surface area contributed by atoms with Crippen LogP contribution in [0.2, 0.25) is 0 Å². The largest absolute Gasteiger partial charge is 0.481 e. The zero-order valence-electron chi connectivity index (χ0n) is 13.2. The van der Waals surface area contributed by atoms with Gasteiger partial charge in [0.1, 0.15) is 0 Å². The smallest absolute Gasteiger partial charge is 0.307 e. The third-order valence-electron chi connectivity index (χ3n) is 4.46. The van der Waals surface area contributed by atoms with E-state index >= 15 is 0 Å². The van der Waals surface area contributed by atoms with Gasteiger partial charge in [0.25, 0.3) is 0 Å². The van der Waals surface area contributed by atoms with E-state index in [1.54, 1.807) is 0 Å². The number of nitrogens with one attached hydrogen (secondary N) is 1. The van der Waals surface area contributed by atoms with Crippen LogP contribution in [0.15, 0.2) is 24.3 Å². The number of rotatable bonds is 6. The van der Waals surface area contributed by atoms with Crippen LogP contribution in [-0.2, 0) is 16.0 Å². The Kier molecular flexibility index (Phi) is 5.99. The summed E-state index contributed by atoms with van der Waals surface area (Å²) in [5.74, 6) is -1.97. The summed E-state index contributed by atoms with van der Waals surface area (Å²) in [6.07, 6.45) is 6.46. The molecule has 1 aromatic carbocycles. The van der Waals surface area contributed by atoms with Gasteiger partial charge in [-0.25, -0.2) is 0 Å². The van der Waals surface area contributed by atoms with Crippen molar-refractivity contribution in [3.8, 4) is 0 Å². The number of unbranched alkanes of at least 4 members (excludes halogenated alkanes) is 1. The van der Waals surface area contributed by atoms with Crippen molar-refractivity contribution < 1.29 is 14.7 Å². The Morgan fingerprint density at radius 2 is 1.77 bits per heavy atom. The molecule has 4 nitrogen and oxygen atoms in total. The van der Waals surface area contributed by atoms with Gasteiger partial charge in [0.05, 0.1) is 11.8 Å². The van der Waals surface area contributed by atoms with Crippen molar-refractivity contribution in [2.45, 2.75) is 51.9 Å². The van der Waals surface area contributed by atoms with Gasteiger partial charge in [-0.05, 0) is 43.4 Å². The van der Waals surface area contributed by atoms with Crippen LogP contribution in [0.5, 0.6) is 0 Å². The first-order valence-electron chi connectivity index (χ1n) is 8.24. The van der Waals surface area contributed by atoms with Crippen LogP contribution >= 0.6 is 0 Å². The quantitative estimate of drug-likeness (QED) is 0.838. The molecule has 2 atom stereocenters. The van der Waals surface area contributed by atoms with Crippen molar-refractivity contribution >= 4 is 17.6 Å². The monoisotopic (exact) mass is 303 g/mol. The Balaban J connectivity index is 1.96. The van der Waals surface area contributed by atoms with Gasteiger partial charge in [0, 0.05) is 5.69 Å². The van der Waals surface area contributed by atoms with Gasteiger partial charge in [-0.15, -0.1) is 0 Å². The maximum atomic E-state index is 12.4. The summed E-state index contributed by atoms with van der Waals surface area (Å²) in [6.45, 7) is 2.16. The molecule has 1 amide bonds. The summed E-state index contributed by atoms with van der Waals surface area (Å²) in [4.78, 5) is 23.7. The fraction of sp³-hybridized carbons (Fsp3) is 0.556. The van der Waals surface area contributed by atoms with E-state index in [1.165, 1.54) is 5.56 Å². The molecule has 4 heteroatoms. The van der Waals surface area contributed by atoms with Gasteiger partial charge in [-0.2, -0.15) is 0 Å². The van der Waals surface area contributed by atoms with E-state index in [1.807, 2.05) is 24.3 Å². The molecule has 1 aromatic rings. The molecular weight excluding hydrogens is 278 g/mol. The minimum absolute atomic E-state index is 0.159. The van der Waals surface area contributed by atoms with E-state index in [0.717, 1.165) is 37.8 Å². The third-order valence-corrected chi connectivity index (χ3v) is 4.46. The molecule has 0 unspecified atom stereocenters. The second-order valence-corrected chi connectivity index (χ2v) is 6.13. The predicted octanol–water partition coefficient (Wildman–Crippen LogP) is 3.86. The number of carbonyl (C=O) groups is 2. The molecule has 0 saturated heterocycles. The predicted molar refractivity (Wildman–Crippen MR) is 86.8 cm³/mol. The fourth-order valence-corrected chi connectivity index (χ4v) is 3.11. The van der Waals surface area contributed by atoms with Crippen LogP contribution in [0.1, 0.15) is 51.0 Å². The molecule has 2 rings (SSSR count). The molecule has 0 heterocycles. The van der Waals surface area contributed by atoms with Gasteiger partial charge < -0.3 is 10.4 Å². The lowest BCUT2D eigenvalue weighted by Gasteiger charge is -2.27. The first kappa shape index (κ1) is 16.5. The number of carbonyl (C=O) groups excluding carboxylic acids is 1. The normalized spacial score (nSPS) is 21.3. The lowest BCUT2D eigenvalue weighted by Crippen LogP contribution is -2.36. The molecule has 1 aliphatic rings. The molecule has 0 aromatic heterocycles. The van der Waals surface area contributed by atoms with E-state index < -0.39 is 17.8 Å². The molecule has 1 aliphatic carbocycles. The van der Waals surface area contributed by atoms with Crippen molar-refractivity contribution in [3.63, 3.8) is 0 Å². The van der Waals surface area contributed by atoms with E-state index in [4.69, 9.17) is 0 Å². The van der Waals surface area contributed by atoms with Crippen LogP contribution in [0.4, 0.5) is 5.69 Å². The molecule has 2 N–H and O–H groups in total. The topological polar surface area (TPSA) is 66.4 Å². The van der Waals surface area contributed by atoms with Crippen molar-refractivity contribution in [1.29, 1.82) is 0 Å². The third kappa shape index (κ3) is 4.33. The number of carboxylic acids is 1. The maximum Gasteiger partial charge on any atom is 0.307 e. The molecule has 0 radical (unpaired) electrons. The van der Waals surface area contributed by atoms with Gasteiger partial charge in [0.15, 0.2) is 0 Å². The Labute approximate surface area is 131 Å². The Hall–Kier alpha value is -1.84. The lowest BCUT2D eigenvalue weighted by molar-refractivity contribution is -0.147. The zero-order chi connectivity index (χ0) is 15.9. The molecular formula is C18H25NO3. The minimum Gasteiger partial charge on any atom is -0.481 e. The highest BCUT2D eigenvalue weighted by atomic mass is 16.4. The number of benzene rings is 1. The van der Waals surface area contributed by atoms with E-state index in [2.05, 4.69) is 12.2 Å². The van der Waals surface area contributed by atoms with E-state index in [9.17, 15) is 14.7 Å². The number of hydrogen-bond acceptors (Lipinski definition) is 2. The summed E-state index contributed by atoms with van der Waals surface area (Å²) in [5, 5.41) is 12.1. The van der Waals surface area contributed by atoms with Gasteiger partial charge >= 0.3 is 5.97 Å². The van der Waals surface area contributed by atoms with E-state index in [0.29, 0.717) is 12.8 Å². The van der Waals surface area contributed by atoms with Crippen LogP contribution in [0.25, 0.3) is 0 Å². The average Bonchev–Trinajstić information content (AvgIpc) is 2.54. The standard InChI is InChI=1S/C18H25NO3/c1-2-3-6-13-9-11-14(12-10-13)19-17(20)15-7-4-5-8-16(15)18(21)22/h9-12,15-16H,2-8H2,1H3,(H,19,20)(H,21,22)/t15-,16-/m1/s1. The number of aryl methyl sites for hydroxylation is 1. The number of hydrogen-bond donors (Lipinski definition) is 2. The number of amides is 1. The fourth-order valence-electron chi connectivity index (χ4n) is 3.11. The van der Waals surface area contributed by atoms with Gasteiger partial charge in [-0.1, -0.05) is 38.3 Å². The highest BCUT2D eigenvalue weighted by Gasteiger charge is 2.35. The number of aliphatic carboxylic acids is 1.